The molecule has 0 spiro atoms. The highest BCUT2D eigenvalue weighted by atomic mass is 32.2. The fraction of sp³-hybridized carbons (Fsp3) is 0.385. The summed E-state index contributed by atoms with van der Waals surface area (Å²) >= 11 is 0. The molecule has 1 aromatic carbocycles. The van der Waals surface area contributed by atoms with E-state index in [1.165, 1.54) is 0 Å². The maximum atomic E-state index is 11.7. The van der Waals surface area contributed by atoms with Crippen molar-refractivity contribution in [2.24, 2.45) is 5.41 Å². The largest absolute Gasteiger partial charge is 0.480 e. The molecule has 2 rings (SSSR count). The topological polar surface area (TPSA) is 95.2 Å². The maximum Gasteiger partial charge on any atom is 0.326 e. The van der Waals surface area contributed by atoms with Crippen molar-refractivity contribution in [1.82, 2.24) is 0 Å². The number of benzene rings is 1. The van der Waals surface area contributed by atoms with E-state index in [1.54, 1.807) is 30.3 Å². The van der Waals surface area contributed by atoms with Gasteiger partial charge >= 0.3 is 5.97 Å². The molecule has 19 heavy (non-hydrogen) atoms. The second kappa shape index (κ2) is 4.07. The summed E-state index contributed by atoms with van der Waals surface area (Å²) in [5, 5.41) is 17.2. The quantitative estimate of drug-likeness (QED) is 0.893. The lowest BCUT2D eigenvalue weighted by Crippen LogP contribution is -2.21. The van der Waals surface area contributed by atoms with Crippen LogP contribution in [0.2, 0.25) is 0 Å². The van der Waals surface area contributed by atoms with Gasteiger partial charge in [0.1, 0.15) is 5.25 Å². The molecule has 5 nitrogen and oxygen atoms in total. The van der Waals surface area contributed by atoms with E-state index >= 15 is 0 Å². The van der Waals surface area contributed by atoms with Gasteiger partial charge in [-0.3, -0.25) is 4.79 Å². The molecule has 0 amide bonds. The molecule has 1 N–H and O–H groups in total. The lowest BCUT2D eigenvalue weighted by atomic mass is 10.00. The third kappa shape index (κ3) is 1.90. The van der Waals surface area contributed by atoms with Crippen LogP contribution in [0.3, 0.4) is 0 Å². The molecule has 0 heterocycles. The highest BCUT2D eigenvalue weighted by Gasteiger charge is 2.76. The first kappa shape index (κ1) is 13.6. The maximum absolute atomic E-state index is 11.7. The van der Waals surface area contributed by atoms with Crippen molar-refractivity contribution in [1.29, 1.82) is 5.26 Å². The summed E-state index contributed by atoms with van der Waals surface area (Å²) in [6.45, 7) is 1.87. The van der Waals surface area contributed by atoms with Gasteiger partial charge in [-0.15, -0.1) is 0 Å². The molecule has 100 valence electrons. The number of carboxylic acid groups (broad SMARTS) is 1. The lowest BCUT2D eigenvalue weighted by molar-refractivity contribution is -0.141. The van der Waals surface area contributed by atoms with E-state index in [-0.39, 0.29) is 0 Å². The monoisotopic (exact) mass is 279 g/mol. The average Bonchev–Trinajstić information content (AvgIpc) is 3.00. The van der Waals surface area contributed by atoms with E-state index in [0.29, 0.717) is 5.56 Å². The summed E-state index contributed by atoms with van der Waals surface area (Å²) in [5.74, 6) is -2.18. The van der Waals surface area contributed by atoms with Crippen molar-refractivity contribution >= 4 is 15.8 Å². The number of carbonyl (C=O) groups is 1. The van der Waals surface area contributed by atoms with Crippen LogP contribution in [0.25, 0.3) is 0 Å². The lowest BCUT2D eigenvalue weighted by Gasteiger charge is -2.02. The van der Waals surface area contributed by atoms with Gasteiger partial charge in [0, 0.05) is 12.2 Å². The first-order valence-corrected chi connectivity index (χ1v) is 7.60. The predicted molar refractivity (Wildman–Crippen MR) is 68.2 cm³/mol. The van der Waals surface area contributed by atoms with Crippen LogP contribution in [0.5, 0.6) is 0 Å². The second-order valence-corrected chi connectivity index (χ2v) is 7.09. The summed E-state index contributed by atoms with van der Waals surface area (Å²) in [7, 11) is -3.61. The van der Waals surface area contributed by atoms with Crippen LogP contribution >= 0.6 is 0 Å². The Morgan fingerprint density at radius 1 is 1.37 bits per heavy atom. The fourth-order valence-electron chi connectivity index (χ4n) is 2.59. The molecule has 1 saturated carbocycles. The minimum atomic E-state index is -3.61. The van der Waals surface area contributed by atoms with Gasteiger partial charge in [0.25, 0.3) is 0 Å². The molecule has 6 heteroatoms. The molecule has 0 aromatic heterocycles. The summed E-state index contributed by atoms with van der Waals surface area (Å²) in [6, 6.07) is 8.60. The number of aryl methyl sites for hydroxylation is 1. The number of rotatable bonds is 3. The van der Waals surface area contributed by atoms with Gasteiger partial charge in [-0.1, -0.05) is 29.8 Å². The van der Waals surface area contributed by atoms with Gasteiger partial charge < -0.3 is 5.11 Å². The number of carboxylic acids is 1. The van der Waals surface area contributed by atoms with Gasteiger partial charge in [0.2, 0.25) is 0 Å². The molecule has 0 saturated heterocycles. The zero-order valence-corrected chi connectivity index (χ0v) is 11.3. The average molecular weight is 279 g/mol. The van der Waals surface area contributed by atoms with Gasteiger partial charge in [0.15, 0.2) is 15.3 Å². The molecule has 0 radical (unpaired) electrons. The van der Waals surface area contributed by atoms with E-state index in [0.717, 1.165) is 11.8 Å². The highest BCUT2D eigenvalue weighted by Crippen LogP contribution is 2.62. The molecule has 0 bridgehead atoms. The number of nitrogens with zero attached hydrogens (tertiary/aromatic N) is 1. The summed E-state index contributed by atoms with van der Waals surface area (Å²) in [6.07, 6.45) is 0.973. The fourth-order valence-corrected chi connectivity index (χ4v) is 4.35. The van der Waals surface area contributed by atoms with Crippen LogP contribution in [0.4, 0.5) is 0 Å². The van der Waals surface area contributed by atoms with Crippen molar-refractivity contribution in [3.8, 4) is 6.07 Å². The number of hydrogen-bond acceptors (Lipinski definition) is 4. The summed E-state index contributed by atoms with van der Waals surface area (Å²) in [5.41, 5.74) is -0.300. The molecule has 1 aromatic rings. The number of sulfone groups is 1. The predicted octanol–water partition coefficient (Wildman–Crippen LogP) is 1.10. The number of hydrogen-bond donors (Lipinski definition) is 1. The summed E-state index contributed by atoms with van der Waals surface area (Å²) < 4.78 is 23.4. The van der Waals surface area contributed by atoms with Crippen molar-refractivity contribution in [3.63, 3.8) is 0 Å². The zero-order chi connectivity index (χ0) is 14.4. The van der Waals surface area contributed by atoms with Gasteiger partial charge in [-0.05, 0) is 12.5 Å². The zero-order valence-electron chi connectivity index (χ0n) is 10.5. The Labute approximate surface area is 111 Å². The van der Waals surface area contributed by atoms with Crippen LogP contribution in [-0.2, 0) is 14.6 Å². The minimum absolute atomic E-state index is 0.574. The Balaban J connectivity index is 2.54. The van der Waals surface area contributed by atoms with Crippen LogP contribution in [-0.4, -0.2) is 31.0 Å². The van der Waals surface area contributed by atoms with Crippen LogP contribution in [0, 0.1) is 23.7 Å². The third-order valence-corrected chi connectivity index (χ3v) is 5.14. The number of nitriles is 1. The van der Waals surface area contributed by atoms with Crippen molar-refractivity contribution in [2.45, 2.75) is 18.1 Å². The first-order valence-electron chi connectivity index (χ1n) is 5.65. The van der Waals surface area contributed by atoms with E-state index < -0.39 is 32.4 Å². The summed E-state index contributed by atoms with van der Waals surface area (Å²) in [4.78, 5) is 11.3. The molecule has 1 aliphatic carbocycles. The highest BCUT2D eigenvalue weighted by molar-refractivity contribution is 7.91. The smallest absolute Gasteiger partial charge is 0.326 e. The molecule has 3 atom stereocenters. The van der Waals surface area contributed by atoms with Crippen molar-refractivity contribution in [2.75, 3.05) is 6.26 Å². The molecule has 0 unspecified atom stereocenters. The third-order valence-electron chi connectivity index (χ3n) is 3.57. The Bertz CT molecular complexity index is 672. The van der Waals surface area contributed by atoms with Crippen LogP contribution in [0.1, 0.15) is 17.0 Å². The van der Waals surface area contributed by atoms with Crippen LogP contribution in [0.15, 0.2) is 24.3 Å². The van der Waals surface area contributed by atoms with E-state index in [2.05, 4.69) is 0 Å². The molecular weight excluding hydrogens is 266 g/mol. The molecule has 0 aliphatic heterocycles. The van der Waals surface area contributed by atoms with E-state index in [4.69, 9.17) is 5.26 Å². The van der Waals surface area contributed by atoms with Gasteiger partial charge in [-0.2, -0.15) is 5.26 Å². The SMILES string of the molecule is Cc1ccc([C@H]2[C@H](S(C)(=O)=O)[C@@]2(C#N)C(=O)O)cc1. The van der Waals surface area contributed by atoms with Crippen molar-refractivity contribution in [3.05, 3.63) is 35.4 Å². The van der Waals surface area contributed by atoms with Crippen molar-refractivity contribution < 1.29 is 18.3 Å². The van der Waals surface area contributed by atoms with E-state index in [9.17, 15) is 18.3 Å². The minimum Gasteiger partial charge on any atom is -0.480 e. The standard InChI is InChI=1S/C13H13NO4S/c1-8-3-5-9(6-4-8)10-11(19(2,17)18)13(10,7-14)12(15)16/h3-6,10-11H,1-2H3,(H,15,16)/t10-,11-,13-/m0/s1. The Morgan fingerprint density at radius 3 is 2.21 bits per heavy atom. The van der Waals surface area contributed by atoms with Crippen LogP contribution < -0.4 is 0 Å². The number of aliphatic carboxylic acids is 1. The first-order chi connectivity index (χ1) is 8.75. The molecular formula is C13H13NO4S. The Hall–Kier alpha value is -1.87. The normalized spacial score (nSPS) is 29.5. The second-order valence-electron chi connectivity index (χ2n) is 4.92. The van der Waals surface area contributed by atoms with Gasteiger partial charge in [0.05, 0.1) is 6.07 Å². The molecule has 1 aliphatic rings. The van der Waals surface area contributed by atoms with Gasteiger partial charge in [-0.25, -0.2) is 8.42 Å². The van der Waals surface area contributed by atoms with E-state index in [1.807, 2.05) is 6.92 Å². The Morgan fingerprint density at radius 2 is 1.89 bits per heavy atom. The Kier molecular flexibility index (Phi) is 2.90. The molecule has 1 fully saturated rings.